The first-order chi connectivity index (χ1) is 7.81. The summed E-state index contributed by atoms with van der Waals surface area (Å²) >= 11 is 0. The van der Waals surface area contributed by atoms with Gasteiger partial charge in [0, 0.05) is 37.1 Å². The average molecular weight is 236 g/mol. The van der Waals surface area contributed by atoms with Gasteiger partial charge < -0.3 is 15.4 Å². The van der Waals surface area contributed by atoms with Crippen molar-refractivity contribution in [1.29, 1.82) is 0 Å². The monoisotopic (exact) mass is 236 g/mol. The van der Waals surface area contributed by atoms with E-state index in [1.165, 1.54) is 0 Å². The van der Waals surface area contributed by atoms with E-state index in [0.717, 1.165) is 23.7 Å². The second kappa shape index (κ2) is 5.30. The van der Waals surface area contributed by atoms with Crippen molar-refractivity contribution in [1.82, 2.24) is 0 Å². The summed E-state index contributed by atoms with van der Waals surface area (Å²) in [5.41, 5.74) is 7.98. The molecule has 0 saturated heterocycles. The highest BCUT2D eigenvalue weighted by Gasteiger charge is 2.14. The van der Waals surface area contributed by atoms with E-state index in [1.54, 1.807) is 0 Å². The molecule has 1 aromatic rings. The molecule has 2 N–H and O–H groups in total. The zero-order valence-electron chi connectivity index (χ0n) is 11.6. The number of benzene rings is 1. The van der Waals surface area contributed by atoms with Gasteiger partial charge in [-0.25, -0.2) is 0 Å². The van der Waals surface area contributed by atoms with Crippen molar-refractivity contribution in [3.05, 3.63) is 18.2 Å². The third-order valence-electron chi connectivity index (χ3n) is 2.38. The molecule has 0 aliphatic heterocycles. The van der Waals surface area contributed by atoms with E-state index >= 15 is 0 Å². The molecule has 3 heteroatoms. The lowest BCUT2D eigenvalue weighted by atomic mass is 9.96. The molecule has 0 bridgehead atoms. The van der Waals surface area contributed by atoms with Crippen LogP contribution >= 0.6 is 0 Å². The van der Waals surface area contributed by atoms with Crippen LogP contribution in [0.4, 0.5) is 11.4 Å². The highest BCUT2D eigenvalue weighted by Crippen LogP contribution is 2.27. The summed E-state index contributed by atoms with van der Waals surface area (Å²) in [4.78, 5) is 2.21. The Balaban J connectivity index is 2.89. The van der Waals surface area contributed by atoms with Crippen LogP contribution in [0.25, 0.3) is 0 Å². The fraction of sp³-hybridized carbons (Fsp3) is 0.571. The molecule has 3 nitrogen and oxygen atoms in total. The minimum Gasteiger partial charge on any atom is -0.494 e. The fourth-order valence-electron chi connectivity index (χ4n) is 1.88. The van der Waals surface area contributed by atoms with Gasteiger partial charge in [-0.15, -0.1) is 0 Å². The molecule has 0 aliphatic carbocycles. The van der Waals surface area contributed by atoms with Gasteiger partial charge in [0.05, 0.1) is 6.61 Å². The van der Waals surface area contributed by atoms with Crippen molar-refractivity contribution in [2.75, 3.05) is 30.8 Å². The van der Waals surface area contributed by atoms with E-state index in [4.69, 9.17) is 10.5 Å². The molecular weight excluding hydrogens is 212 g/mol. The van der Waals surface area contributed by atoms with Crippen molar-refractivity contribution < 1.29 is 4.74 Å². The molecule has 1 aromatic carbocycles. The van der Waals surface area contributed by atoms with Crippen molar-refractivity contribution in [2.24, 2.45) is 5.41 Å². The predicted octanol–water partition coefficient (Wildman–Crippen LogP) is 3.15. The highest BCUT2D eigenvalue weighted by atomic mass is 16.5. The summed E-state index contributed by atoms with van der Waals surface area (Å²) in [5.74, 6) is 0.836. The first-order valence-electron chi connectivity index (χ1n) is 6.06. The van der Waals surface area contributed by atoms with Crippen LogP contribution < -0.4 is 15.4 Å². The molecule has 96 valence electrons. The van der Waals surface area contributed by atoms with E-state index in [2.05, 4.69) is 32.7 Å². The number of ether oxygens (including phenoxy) is 1. The zero-order valence-corrected chi connectivity index (χ0v) is 11.6. The molecule has 1 rings (SSSR count). The lowest BCUT2D eigenvalue weighted by Gasteiger charge is -2.28. The van der Waals surface area contributed by atoms with Gasteiger partial charge in [-0.2, -0.15) is 0 Å². The second-order valence-electron chi connectivity index (χ2n) is 5.61. The summed E-state index contributed by atoms with van der Waals surface area (Å²) < 4.78 is 5.50. The number of hydrogen-bond donors (Lipinski definition) is 1. The molecule has 0 unspecified atom stereocenters. The Labute approximate surface area is 105 Å². The number of nitrogens with two attached hydrogens (primary N) is 1. The summed E-state index contributed by atoms with van der Waals surface area (Å²) in [6.45, 7) is 10.3. The van der Waals surface area contributed by atoms with E-state index in [0.29, 0.717) is 6.61 Å². The van der Waals surface area contributed by atoms with Crippen LogP contribution in [0.2, 0.25) is 0 Å². The van der Waals surface area contributed by atoms with Gasteiger partial charge in [-0.3, -0.25) is 0 Å². The first-order valence-corrected chi connectivity index (χ1v) is 6.06. The van der Waals surface area contributed by atoms with Crippen molar-refractivity contribution in [3.63, 3.8) is 0 Å². The lowest BCUT2D eigenvalue weighted by Crippen LogP contribution is -2.29. The Hall–Kier alpha value is -1.38. The molecule has 0 amide bonds. The Kier molecular flexibility index (Phi) is 4.27. The van der Waals surface area contributed by atoms with E-state index in [9.17, 15) is 0 Å². The number of hydrogen-bond acceptors (Lipinski definition) is 3. The number of nitrogen functional groups attached to an aromatic ring is 1. The van der Waals surface area contributed by atoms with Crippen molar-refractivity contribution in [3.8, 4) is 5.75 Å². The Bertz CT molecular complexity index is 369. The Morgan fingerprint density at radius 3 is 2.41 bits per heavy atom. The SMILES string of the molecule is CCOc1cc(N)cc(N(C)CC(C)(C)C)c1. The van der Waals surface area contributed by atoms with Crippen LogP contribution in [0.3, 0.4) is 0 Å². The maximum Gasteiger partial charge on any atom is 0.123 e. The maximum atomic E-state index is 5.88. The van der Waals surface area contributed by atoms with Crippen LogP contribution in [-0.4, -0.2) is 20.2 Å². The van der Waals surface area contributed by atoms with Gasteiger partial charge in [0.15, 0.2) is 0 Å². The maximum absolute atomic E-state index is 5.88. The Morgan fingerprint density at radius 1 is 1.24 bits per heavy atom. The predicted molar refractivity (Wildman–Crippen MR) is 74.7 cm³/mol. The molecule has 0 aliphatic rings. The molecule has 0 fully saturated rings. The van der Waals surface area contributed by atoms with E-state index < -0.39 is 0 Å². The van der Waals surface area contributed by atoms with Crippen LogP contribution in [0.5, 0.6) is 5.75 Å². The average Bonchev–Trinajstić information content (AvgIpc) is 2.14. The summed E-state index contributed by atoms with van der Waals surface area (Å²) in [6.07, 6.45) is 0. The van der Waals surface area contributed by atoms with Crippen LogP contribution in [0, 0.1) is 5.41 Å². The van der Waals surface area contributed by atoms with Crippen LogP contribution in [-0.2, 0) is 0 Å². The minimum absolute atomic E-state index is 0.255. The van der Waals surface area contributed by atoms with Crippen molar-refractivity contribution >= 4 is 11.4 Å². The number of anilines is 2. The highest BCUT2D eigenvalue weighted by molar-refractivity contribution is 5.60. The zero-order chi connectivity index (χ0) is 13.1. The van der Waals surface area contributed by atoms with Crippen LogP contribution in [0.1, 0.15) is 27.7 Å². The molecule has 0 heterocycles. The third-order valence-corrected chi connectivity index (χ3v) is 2.38. The molecular formula is C14H24N2O. The van der Waals surface area contributed by atoms with Gasteiger partial charge in [0.2, 0.25) is 0 Å². The summed E-state index contributed by atoms with van der Waals surface area (Å²) in [7, 11) is 2.08. The third kappa shape index (κ3) is 4.55. The van der Waals surface area contributed by atoms with E-state index in [-0.39, 0.29) is 5.41 Å². The van der Waals surface area contributed by atoms with E-state index in [1.807, 2.05) is 25.1 Å². The number of nitrogens with zero attached hydrogens (tertiary/aromatic N) is 1. The molecule has 0 spiro atoms. The van der Waals surface area contributed by atoms with Gasteiger partial charge in [-0.1, -0.05) is 20.8 Å². The molecule has 0 saturated carbocycles. The first kappa shape index (κ1) is 13.7. The summed E-state index contributed by atoms with van der Waals surface area (Å²) in [5, 5.41) is 0. The van der Waals surface area contributed by atoms with Gasteiger partial charge >= 0.3 is 0 Å². The standard InChI is InChI=1S/C14H24N2O/c1-6-17-13-8-11(15)7-12(9-13)16(5)10-14(2,3)4/h7-9H,6,10,15H2,1-5H3. The summed E-state index contributed by atoms with van der Waals surface area (Å²) in [6, 6.07) is 5.87. The molecule has 17 heavy (non-hydrogen) atoms. The van der Waals surface area contributed by atoms with Gasteiger partial charge in [0.1, 0.15) is 5.75 Å². The van der Waals surface area contributed by atoms with Gasteiger partial charge in [0.25, 0.3) is 0 Å². The fourth-order valence-corrected chi connectivity index (χ4v) is 1.88. The largest absolute Gasteiger partial charge is 0.494 e. The quantitative estimate of drug-likeness (QED) is 0.816. The topological polar surface area (TPSA) is 38.5 Å². The molecule has 0 aromatic heterocycles. The number of rotatable bonds is 4. The van der Waals surface area contributed by atoms with Crippen LogP contribution in [0.15, 0.2) is 18.2 Å². The van der Waals surface area contributed by atoms with Crippen molar-refractivity contribution in [2.45, 2.75) is 27.7 Å². The normalized spacial score (nSPS) is 11.4. The minimum atomic E-state index is 0.255. The smallest absolute Gasteiger partial charge is 0.123 e. The lowest BCUT2D eigenvalue weighted by molar-refractivity contribution is 0.340. The molecule has 0 radical (unpaired) electrons. The molecule has 0 atom stereocenters. The van der Waals surface area contributed by atoms with Gasteiger partial charge in [-0.05, 0) is 18.4 Å². The second-order valence-corrected chi connectivity index (χ2v) is 5.61. The Morgan fingerprint density at radius 2 is 1.88 bits per heavy atom.